The minimum absolute atomic E-state index is 0.000325. The molecule has 2 saturated carbocycles. The number of carbonyl (C=O) groups is 1. The van der Waals surface area contributed by atoms with E-state index < -0.39 is 28.6 Å². The Kier molecular flexibility index (Phi) is 7.61. The summed E-state index contributed by atoms with van der Waals surface area (Å²) in [4.78, 5) is 14.2. The van der Waals surface area contributed by atoms with E-state index in [2.05, 4.69) is 4.74 Å². The lowest BCUT2D eigenvalue weighted by molar-refractivity contribution is -0.346. The fourth-order valence-electron chi connectivity index (χ4n) is 5.37. The van der Waals surface area contributed by atoms with Gasteiger partial charge < -0.3 is 14.7 Å². The van der Waals surface area contributed by atoms with E-state index in [9.17, 15) is 27.3 Å². The van der Waals surface area contributed by atoms with Gasteiger partial charge in [0, 0.05) is 32.1 Å². The van der Waals surface area contributed by atoms with Gasteiger partial charge in [0.05, 0.1) is 23.0 Å². The Hall–Kier alpha value is -0.710. The van der Waals surface area contributed by atoms with Crippen molar-refractivity contribution in [2.24, 2.45) is 17.8 Å². The van der Waals surface area contributed by atoms with Crippen molar-refractivity contribution in [3.63, 3.8) is 0 Å². The summed E-state index contributed by atoms with van der Waals surface area (Å²) in [5.74, 6) is -0.563. The standard InChI is InChI=1S/C19H30F3NO5S/c1-27-17-13(5-2-6-14(17)10-24)9-23-16(25)11-29(26)18(23)12-4-3-7-15(8-12)28-19(20,21)22/h12-15,17-18,24H,2-11H2,1H3. The van der Waals surface area contributed by atoms with Crippen LogP contribution < -0.4 is 0 Å². The smallest absolute Gasteiger partial charge is 0.396 e. The fourth-order valence-corrected chi connectivity index (χ4v) is 7.11. The molecule has 1 amide bonds. The van der Waals surface area contributed by atoms with Crippen LogP contribution in [-0.2, 0) is 25.1 Å². The highest BCUT2D eigenvalue weighted by atomic mass is 32.2. The fraction of sp³-hybridized carbons (Fsp3) is 0.947. The summed E-state index contributed by atoms with van der Waals surface area (Å²) in [5, 5.41) is 9.05. The van der Waals surface area contributed by atoms with E-state index in [0.717, 1.165) is 19.3 Å². The summed E-state index contributed by atoms with van der Waals surface area (Å²) in [6.45, 7) is 0.378. The highest BCUT2D eigenvalue weighted by molar-refractivity contribution is 7.86. The third-order valence-electron chi connectivity index (χ3n) is 6.55. The van der Waals surface area contributed by atoms with Gasteiger partial charge in [0.25, 0.3) is 0 Å². The lowest BCUT2D eigenvalue weighted by Crippen LogP contribution is -2.49. The van der Waals surface area contributed by atoms with Crippen molar-refractivity contribution in [3.8, 4) is 0 Å². The molecule has 1 N–H and O–H groups in total. The van der Waals surface area contributed by atoms with Crippen LogP contribution in [0.1, 0.15) is 44.9 Å². The molecule has 168 valence electrons. The molecule has 0 radical (unpaired) electrons. The zero-order valence-corrected chi connectivity index (χ0v) is 17.4. The van der Waals surface area contributed by atoms with Gasteiger partial charge in [-0.15, -0.1) is 13.2 Å². The van der Waals surface area contributed by atoms with Crippen LogP contribution >= 0.6 is 0 Å². The normalized spacial score (nSPS) is 39.1. The van der Waals surface area contributed by atoms with Gasteiger partial charge in [-0.2, -0.15) is 0 Å². The monoisotopic (exact) mass is 441 g/mol. The number of ether oxygens (including phenoxy) is 2. The van der Waals surface area contributed by atoms with Crippen molar-refractivity contribution < 1.29 is 36.8 Å². The molecule has 7 atom stereocenters. The average Bonchev–Trinajstić information content (AvgIpc) is 2.93. The van der Waals surface area contributed by atoms with E-state index in [-0.39, 0.29) is 48.5 Å². The van der Waals surface area contributed by atoms with Crippen molar-refractivity contribution in [1.29, 1.82) is 0 Å². The predicted octanol–water partition coefficient (Wildman–Crippen LogP) is 2.42. The molecule has 0 bridgehead atoms. The van der Waals surface area contributed by atoms with Crippen molar-refractivity contribution in [2.75, 3.05) is 26.0 Å². The number of alkyl halides is 3. The molecular formula is C19H30F3NO5S. The molecule has 29 heavy (non-hydrogen) atoms. The van der Waals surface area contributed by atoms with E-state index in [1.54, 1.807) is 12.0 Å². The summed E-state index contributed by atoms with van der Waals surface area (Å²) in [6, 6.07) is 0. The third kappa shape index (κ3) is 5.51. The van der Waals surface area contributed by atoms with Crippen LogP contribution in [0.15, 0.2) is 0 Å². The average molecular weight is 442 g/mol. The van der Waals surface area contributed by atoms with Crippen molar-refractivity contribution in [2.45, 2.75) is 68.9 Å². The molecule has 0 aromatic heterocycles. The number of nitrogens with zero attached hydrogens (tertiary/aromatic N) is 1. The summed E-state index contributed by atoms with van der Waals surface area (Å²) >= 11 is 0. The van der Waals surface area contributed by atoms with Gasteiger partial charge in [0.2, 0.25) is 5.91 Å². The second-order valence-corrected chi connectivity index (χ2v) is 9.94. The molecular weight excluding hydrogens is 411 g/mol. The molecule has 0 aromatic rings. The van der Waals surface area contributed by atoms with Crippen molar-refractivity contribution >= 4 is 16.7 Å². The van der Waals surface area contributed by atoms with Crippen LogP contribution in [-0.4, -0.2) is 70.1 Å². The highest BCUT2D eigenvalue weighted by Crippen LogP contribution is 2.39. The summed E-state index contributed by atoms with van der Waals surface area (Å²) < 4.78 is 60.5. The zero-order valence-electron chi connectivity index (χ0n) is 16.6. The maximum absolute atomic E-state index is 12.7. The van der Waals surface area contributed by atoms with Crippen LogP contribution in [0.2, 0.25) is 0 Å². The molecule has 3 fully saturated rings. The molecule has 3 aliphatic rings. The molecule has 1 saturated heterocycles. The number of carbonyl (C=O) groups excluding carboxylic acids is 1. The van der Waals surface area contributed by atoms with Crippen LogP contribution in [0, 0.1) is 17.8 Å². The zero-order chi connectivity index (χ0) is 21.2. The minimum atomic E-state index is -4.69. The number of amides is 1. The van der Waals surface area contributed by atoms with Crippen LogP contribution in [0.25, 0.3) is 0 Å². The van der Waals surface area contributed by atoms with Gasteiger partial charge in [-0.3, -0.25) is 13.7 Å². The lowest BCUT2D eigenvalue weighted by Gasteiger charge is -2.41. The molecule has 3 rings (SSSR count). The Bertz CT molecular complexity index is 605. The minimum Gasteiger partial charge on any atom is -0.396 e. The van der Waals surface area contributed by atoms with E-state index in [4.69, 9.17) is 4.74 Å². The number of rotatable bonds is 6. The quantitative estimate of drug-likeness (QED) is 0.685. The van der Waals surface area contributed by atoms with Crippen LogP contribution in [0.4, 0.5) is 13.2 Å². The Morgan fingerprint density at radius 1 is 1.17 bits per heavy atom. The number of hydrogen-bond acceptors (Lipinski definition) is 5. The molecule has 1 aliphatic heterocycles. The van der Waals surface area contributed by atoms with Crippen LogP contribution in [0.5, 0.6) is 0 Å². The summed E-state index contributed by atoms with van der Waals surface area (Å²) in [5.41, 5.74) is 0. The van der Waals surface area contributed by atoms with Gasteiger partial charge in [-0.05, 0) is 38.0 Å². The van der Waals surface area contributed by atoms with Gasteiger partial charge in [-0.1, -0.05) is 12.8 Å². The summed E-state index contributed by atoms with van der Waals surface area (Å²) in [7, 11) is 0.155. The van der Waals surface area contributed by atoms with E-state index >= 15 is 0 Å². The Morgan fingerprint density at radius 3 is 2.52 bits per heavy atom. The largest absolute Gasteiger partial charge is 0.522 e. The first-order chi connectivity index (χ1) is 13.7. The van der Waals surface area contributed by atoms with Crippen molar-refractivity contribution in [1.82, 2.24) is 4.90 Å². The maximum Gasteiger partial charge on any atom is 0.522 e. The van der Waals surface area contributed by atoms with Gasteiger partial charge in [0.1, 0.15) is 11.1 Å². The predicted molar refractivity (Wildman–Crippen MR) is 100 cm³/mol. The molecule has 10 heteroatoms. The van der Waals surface area contributed by atoms with Gasteiger partial charge in [-0.25, -0.2) is 0 Å². The van der Waals surface area contributed by atoms with Gasteiger partial charge in [0.15, 0.2) is 0 Å². The summed E-state index contributed by atoms with van der Waals surface area (Å²) in [6.07, 6.45) is -1.58. The molecule has 1 heterocycles. The van der Waals surface area contributed by atoms with E-state index in [1.165, 1.54) is 0 Å². The third-order valence-corrected chi connectivity index (χ3v) is 8.26. The molecule has 0 spiro atoms. The Labute approximate surface area is 171 Å². The molecule has 0 aromatic carbocycles. The second kappa shape index (κ2) is 9.62. The Morgan fingerprint density at radius 2 is 1.86 bits per heavy atom. The number of aliphatic hydroxyl groups excluding tert-OH is 1. The first-order valence-electron chi connectivity index (χ1n) is 10.3. The highest BCUT2D eigenvalue weighted by Gasteiger charge is 2.47. The molecule has 2 aliphatic carbocycles. The molecule has 6 nitrogen and oxygen atoms in total. The van der Waals surface area contributed by atoms with Crippen LogP contribution in [0.3, 0.4) is 0 Å². The Balaban J connectivity index is 1.72. The van der Waals surface area contributed by atoms with Gasteiger partial charge >= 0.3 is 6.36 Å². The first-order valence-corrected chi connectivity index (χ1v) is 11.7. The maximum atomic E-state index is 12.7. The number of halogens is 3. The van der Waals surface area contributed by atoms with E-state index in [1.807, 2.05) is 0 Å². The topological polar surface area (TPSA) is 76.1 Å². The SMILES string of the molecule is COC1C(CO)CCCC1CN1C(=O)CS(=O)C1C1CCCC(OC(F)(F)F)C1. The van der Waals surface area contributed by atoms with Crippen molar-refractivity contribution in [3.05, 3.63) is 0 Å². The first kappa shape index (κ1) is 23.0. The number of methoxy groups -OCH3 is 1. The number of aliphatic hydroxyl groups is 1. The number of hydrogen-bond donors (Lipinski definition) is 1. The second-order valence-electron chi connectivity index (χ2n) is 8.41. The van der Waals surface area contributed by atoms with E-state index in [0.29, 0.717) is 25.8 Å². The molecule has 7 unspecified atom stereocenters. The lowest BCUT2D eigenvalue weighted by atomic mass is 9.78.